The maximum Gasteiger partial charge on any atom is 0.174 e. The lowest BCUT2D eigenvalue weighted by atomic mass is 10.1. The van der Waals surface area contributed by atoms with E-state index in [9.17, 15) is 0 Å². The van der Waals surface area contributed by atoms with Gasteiger partial charge < -0.3 is 15.1 Å². The Balaban J connectivity index is 2.19. The summed E-state index contributed by atoms with van der Waals surface area (Å²) in [5.41, 5.74) is 4.50. The Labute approximate surface area is 156 Å². The minimum Gasteiger partial charge on any atom is -0.339 e. The lowest BCUT2D eigenvalue weighted by Crippen LogP contribution is -2.41. The van der Waals surface area contributed by atoms with Gasteiger partial charge in [-0.1, -0.05) is 12.1 Å². The average Bonchev–Trinajstić information content (AvgIpc) is 2.54. The summed E-state index contributed by atoms with van der Waals surface area (Å²) in [6.07, 6.45) is 1.83. The molecular formula is C20H28N4S. The Bertz CT molecular complexity index is 680. The molecule has 25 heavy (non-hydrogen) atoms. The highest BCUT2D eigenvalue weighted by atomic mass is 32.1. The molecule has 1 N–H and O–H groups in total. The second-order valence-electron chi connectivity index (χ2n) is 6.73. The minimum absolute atomic E-state index is 0.104. The van der Waals surface area contributed by atoms with Crippen molar-refractivity contribution in [3.05, 3.63) is 59.4 Å². The van der Waals surface area contributed by atoms with Crippen LogP contribution in [0.25, 0.3) is 0 Å². The van der Waals surface area contributed by atoms with Crippen LogP contribution < -0.4 is 5.32 Å². The first-order chi connectivity index (χ1) is 11.9. The van der Waals surface area contributed by atoms with E-state index in [0.717, 1.165) is 29.6 Å². The number of nitrogens with zero attached hydrogens (tertiary/aromatic N) is 3. The lowest BCUT2D eigenvalue weighted by Gasteiger charge is -2.32. The largest absolute Gasteiger partial charge is 0.339 e. The Kier molecular flexibility index (Phi) is 6.91. The summed E-state index contributed by atoms with van der Waals surface area (Å²) in [4.78, 5) is 8.87. The zero-order valence-electron chi connectivity index (χ0n) is 15.8. The van der Waals surface area contributed by atoms with Gasteiger partial charge in [-0.25, -0.2) is 0 Å². The standard InChI is InChI=1S/C20H28N4S/c1-15-12-16(2)14-18(13-15)22-20(25)24(11-10-23(4)5)17(3)19-8-6-7-9-21-19/h6-9,12-14,17H,10-11H2,1-5H3,(H,22,25)/t17-/m1/s1. The van der Waals surface area contributed by atoms with E-state index in [0.29, 0.717) is 0 Å². The van der Waals surface area contributed by atoms with Crippen molar-refractivity contribution in [2.24, 2.45) is 0 Å². The molecule has 0 saturated heterocycles. The van der Waals surface area contributed by atoms with Crippen molar-refractivity contribution >= 4 is 23.0 Å². The number of aryl methyl sites for hydroxylation is 2. The molecule has 0 aliphatic rings. The fourth-order valence-electron chi connectivity index (χ4n) is 2.80. The van der Waals surface area contributed by atoms with E-state index < -0.39 is 0 Å². The summed E-state index contributed by atoms with van der Waals surface area (Å²) in [6.45, 7) is 8.10. The van der Waals surface area contributed by atoms with Gasteiger partial charge in [0.15, 0.2) is 5.11 Å². The van der Waals surface area contributed by atoms with Crippen LogP contribution in [0.1, 0.15) is 29.8 Å². The molecule has 134 valence electrons. The van der Waals surface area contributed by atoms with Crippen LogP contribution in [0.3, 0.4) is 0 Å². The highest BCUT2D eigenvalue weighted by Crippen LogP contribution is 2.20. The van der Waals surface area contributed by atoms with Crippen LogP contribution in [0.5, 0.6) is 0 Å². The van der Waals surface area contributed by atoms with Crippen molar-refractivity contribution in [2.45, 2.75) is 26.8 Å². The third-order valence-electron chi connectivity index (χ3n) is 4.11. The molecule has 0 unspecified atom stereocenters. The molecule has 4 nitrogen and oxygen atoms in total. The number of likely N-dealkylation sites (N-methyl/N-ethyl adjacent to an activating group) is 1. The predicted molar refractivity (Wildman–Crippen MR) is 110 cm³/mol. The summed E-state index contributed by atoms with van der Waals surface area (Å²) in [5, 5.41) is 4.14. The smallest absolute Gasteiger partial charge is 0.174 e. The molecule has 1 aromatic carbocycles. The third-order valence-corrected chi connectivity index (χ3v) is 4.44. The topological polar surface area (TPSA) is 31.4 Å². The number of hydrogen-bond acceptors (Lipinski definition) is 3. The Morgan fingerprint density at radius 1 is 1.12 bits per heavy atom. The van der Waals surface area contributed by atoms with Crippen molar-refractivity contribution in [1.29, 1.82) is 0 Å². The van der Waals surface area contributed by atoms with E-state index in [1.54, 1.807) is 0 Å². The van der Waals surface area contributed by atoms with Crippen molar-refractivity contribution in [3.8, 4) is 0 Å². The number of rotatable bonds is 6. The third kappa shape index (κ3) is 5.80. The molecule has 0 fully saturated rings. The van der Waals surface area contributed by atoms with Gasteiger partial charge in [0.05, 0.1) is 11.7 Å². The average molecular weight is 357 g/mol. The first-order valence-electron chi connectivity index (χ1n) is 8.58. The quantitative estimate of drug-likeness (QED) is 0.790. The van der Waals surface area contributed by atoms with Crippen LogP contribution in [0, 0.1) is 13.8 Å². The van der Waals surface area contributed by atoms with E-state index in [-0.39, 0.29) is 6.04 Å². The van der Waals surface area contributed by atoms with Crippen molar-refractivity contribution in [2.75, 3.05) is 32.5 Å². The van der Waals surface area contributed by atoms with Gasteiger partial charge in [-0.3, -0.25) is 4.98 Å². The second kappa shape index (κ2) is 8.92. The van der Waals surface area contributed by atoms with Gasteiger partial charge in [0.1, 0.15) is 0 Å². The molecule has 0 spiro atoms. The van der Waals surface area contributed by atoms with Gasteiger partial charge in [0, 0.05) is 25.0 Å². The second-order valence-corrected chi connectivity index (χ2v) is 7.12. The number of hydrogen-bond donors (Lipinski definition) is 1. The molecule has 5 heteroatoms. The van der Waals surface area contributed by atoms with Gasteiger partial charge >= 0.3 is 0 Å². The fraction of sp³-hybridized carbons (Fsp3) is 0.400. The van der Waals surface area contributed by atoms with E-state index in [2.05, 4.69) is 73.2 Å². The molecule has 1 aromatic heterocycles. The van der Waals surface area contributed by atoms with Crippen molar-refractivity contribution in [3.63, 3.8) is 0 Å². The molecule has 2 rings (SSSR count). The fourth-order valence-corrected chi connectivity index (χ4v) is 3.17. The van der Waals surface area contributed by atoms with E-state index in [1.165, 1.54) is 11.1 Å². The van der Waals surface area contributed by atoms with Crippen LogP contribution in [0.15, 0.2) is 42.6 Å². The Morgan fingerprint density at radius 2 is 1.80 bits per heavy atom. The summed E-state index contributed by atoms with van der Waals surface area (Å²) >= 11 is 5.74. The molecule has 1 heterocycles. The molecule has 1 atom stereocenters. The molecule has 0 aliphatic carbocycles. The SMILES string of the molecule is Cc1cc(C)cc(NC(=S)N(CCN(C)C)[C@H](C)c2ccccn2)c1. The van der Waals surface area contributed by atoms with Crippen molar-refractivity contribution in [1.82, 2.24) is 14.8 Å². The molecule has 0 bridgehead atoms. The minimum atomic E-state index is 0.104. The van der Waals surface area contributed by atoms with Crippen LogP contribution in [0.2, 0.25) is 0 Å². The maximum absolute atomic E-state index is 5.74. The molecule has 2 aromatic rings. The Morgan fingerprint density at radius 3 is 2.36 bits per heavy atom. The molecule has 0 saturated carbocycles. The summed E-state index contributed by atoms with van der Waals surface area (Å²) in [5.74, 6) is 0. The number of thiocarbonyl (C=S) groups is 1. The first kappa shape index (κ1) is 19.3. The van der Waals surface area contributed by atoms with Gasteiger partial charge in [0.2, 0.25) is 0 Å². The normalized spacial score (nSPS) is 12.1. The van der Waals surface area contributed by atoms with Crippen LogP contribution >= 0.6 is 12.2 Å². The number of anilines is 1. The van der Waals surface area contributed by atoms with Crippen molar-refractivity contribution < 1.29 is 0 Å². The summed E-state index contributed by atoms with van der Waals surface area (Å²) in [7, 11) is 4.15. The monoisotopic (exact) mass is 356 g/mol. The van der Waals surface area contributed by atoms with Crippen LogP contribution in [-0.2, 0) is 0 Å². The number of benzene rings is 1. The zero-order valence-corrected chi connectivity index (χ0v) is 16.6. The van der Waals surface area contributed by atoms with Gasteiger partial charge in [-0.15, -0.1) is 0 Å². The number of nitrogens with one attached hydrogen (secondary N) is 1. The number of pyridine rings is 1. The first-order valence-corrected chi connectivity index (χ1v) is 8.99. The van der Waals surface area contributed by atoms with E-state index in [4.69, 9.17) is 12.2 Å². The zero-order chi connectivity index (χ0) is 18.4. The van der Waals surface area contributed by atoms with Gasteiger partial charge in [0.25, 0.3) is 0 Å². The highest BCUT2D eigenvalue weighted by Gasteiger charge is 2.20. The predicted octanol–water partition coefficient (Wildman–Crippen LogP) is 4.02. The lowest BCUT2D eigenvalue weighted by molar-refractivity contribution is 0.286. The van der Waals surface area contributed by atoms with Crippen LogP contribution in [0.4, 0.5) is 5.69 Å². The summed E-state index contributed by atoms with van der Waals surface area (Å²) < 4.78 is 0. The van der Waals surface area contributed by atoms with E-state index in [1.807, 2.05) is 24.4 Å². The number of aromatic nitrogens is 1. The van der Waals surface area contributed by atoms with Gasteiger partial charge in [-0.2, -0.15) is 0 Å². The molecule has 0 aliphatic heterocycles. The van der Waals surface area contributed by atoms with Gasteiger partial charge in [-0.05, 0) is 82.5 Å². The molecule has 0 radical (unpaired) electrons. The van der Waals surface area contributed by atoms with Crippen LogP contribution in [-0.4, -0.2) is 47.1 Å². The Hall–Kier alpha value is -1.98. The molecule has 0 amide bonds. The molecular weight excluding hydrogens is 328 g/mol. The van der Waals surface area contributed by atoms with E-state index >= 15 is 0 Å². The summed E-state index contributed by atoms with van der Waals surface area (Å²) in [6, 6.07) is 12.5. The highest BCUT2D eigenvalue weighted by molar-refractivity contribution is 7.80. The maximum atomic E-state index is 5.74.